The van der Waals surface area contributed by atoms with Gasteiger partial charge in [0.2, 0.25) is 0 Å². The van der Waals surface area contributed by atoms with Gasteiger partial charge in [-0.05, 0) is 43.5 Å². The van der Waals surface area contributed by atoms with Crippen molar-refractivity contribution in [3.8, 4) is 6.07 Å². The van der Waals surface area contributed by atoms with Crippen molar-refractivity contribution in [2.45, 2.75) is 57.4 Å². The monoisotopic (exact) mass is 260 g/mol. The lowest BCUT2D eigenvalue weighted by molar-refractivity contribution is 0.410. The maximum atomic E-state index is 13.4. The second-order valence-electron chi connectivity index (χ2n) is 5.60. The number of nitrogens with one attached hydrogen (secondary N) is 1. The molecule has 2 rings (SSSR count). The molecule has 19 heavy (non-hydrogen) atoms. The molecule has 1 aliphatic carbocycles. The summed E-state index contributed by atoms with van der Waals surface area (Å²) in [5.41, 5.74) is 1.07. The van der Waals surface area contributed by atoms with Crippen molar-refractivity contribution in [2.75, 3.05) is 5.32 Å². The SMILES string of the molecule is Cc1cc(F)cc(NC2(C#N)CCCCCCC2)c1. The van der Waals surface area contributed by atoms with Crippen LogP contribution in [0.5, 0.6) is 0 Å². The van der Waals surface area contributed by atoms with Crippen LogP contribution in [0, 0.1) is 24.1 Å². The van der Waals surface area contributed by atoms with Crippen molar-refractivity contribution in [3.63, 3.8) is 0 Å². The van der Waals surface area contributed by atoms with Gasteiger partial charge < -0.3 is 5.32 Å². The first kappa shape index (κ1) is 13.9. The average molecular weight is 260 g/mol. The van der Waals surface area contributed by atoms with E-state index in [2.05, 4.69) is 11.4 Å². The van der Waals surface area contributed by atoms with Gasteiger partial charge >= 0.3 is 0 Å². The van der Waals surface area contributed by atoms with Gasteiger partial charge in [-0.15, -0.1) is 0 Å². The topological polar surface area (TPSA) is 35.8 Å². The molecule has 0 aromatic heterocycles. The first-order chi connectivity index (χ1) is 9.13. The summed E-state index contributed by atoms with van der Waals surface area (Å²) in [4.78, 5) is 0. The third-order valence-corrected chi connectivity index (χ3v) is 3.85. The minimum Gasteiger partial charge on any atom is -0.367 e. The van der Waals surface area contributed by atoms with E-state index in [4.69, 9.17) is 0 Å². The Balaban J connectivity index is 2.18. The molecule has 0 atom stereocenters. The maximum Gasteiger partial charge on any atom is 0.125 e. The van der Waals surface area contributed by atoms with Gasteiger partial charge in [-0.1, -0.05) is 32.1 Å². The Morgan fingerprint density at radius 2 is 1.74 bits per heavy atom. The Morgan fingerprint density at radius 3 is 2.32 bits per heavy atom. The summed E-state index contributed by atoms with van der Waals surface area (Å²) in [5.74, 6) is -0.249. The Morgan fingerprint density at radius 1 is 1.11 bits per heavy atom. The van der Waals surface area contributed by atoms with Crippen molar-refractivity contribution in [3.05, 3.63) is 29.6 Å². The molecule has 3 heteroatoms. The third kappa shape index (κ3) is 3.70. The van der Waals surface area contributed by atoms with Crippen LogP contribution in [0.2, 0.25) is 0 Å². The molecule has 0 radical (unpaired) electrons. The highest BCUT2D eigenvalue weighted by atomic mass is 19.1. The van der Waals surface area contributed by atoms with Gasteiger partial charge in [0.25, 0.3) is 0 Å². The number of benzene rings is 1. The van der Waals surface area contributed by atoms with E-state index in [1.807, 2.05) is 13.0 Å². The molecule has 0 aliphatic heterocycles. The number of rotatable bonds is 2. The fraction of sp³-hybridized carbons (Fsp3) is 0.562. The minimum atomic E-state index is -0.527. The van der Waals surface area contributed by atoms with Crippen LogP contribution < -0.4 is 5.32 Å². The molecule has 0 bridgehead atoms. The first-order valence-electron chi connectivity index (χ1n) is 7.10. The highest BCUT2D eigenvalue weighted by molar-refractivity contribution is 5.50. The van der Waals surface area contributed by atoms with Crippen molar-refractivity contribution < 1.29 is 4.39 Å². The molecular formula is C16H21FN2. The van der Waals surface area contributed by atoms with E-state index in [0.717, 1.165) is 36.9 Å². The molecule has 1 fully saturated rings. The van der Waals surface area contributed by atoms with Gasteiger partial charge in [0.1, 0.15) is 11.4 Å². The van der Waals surface area contributed by atoms with Crippen LogP contribution in [-0.2, 0) is 0 Å². The third-order valence-electron chi connectivity index (χ3n) is 3.85. The molecule has 1 saturated carbocycles. The Hall–Kier alpha value is -1.56. The summed E-state index contributed by atoms with van der Waals surface area (Å²) in [5, 5.41) is 12.8. The number of hydrogen-bond donors (Lipinski definition) is 1. The number of aryl methyl sites for hydroxylation is 1. The lowest BCUT2D eigenvalue weighted by Gasteiger charge is -2.31. The average Bonchev–Trinajstić information content (AvgIpc) is 2.31. The molecule has 1 N–H and O–H groups in total. The standard InChI is InChI=1S/C16H21FN2/c1-13-9-14(17)11-15(10-13)19-16(12-18)7-5-3-2-4-6-8-16/h9-11,19H,2-8H2,1H3. The van der Waals surface area contributed by atoms with Crippen molar-refractivity contribution in [1.29, 1.82) is 5.26 Å². The Bertz CT molecular complexity index is 448. The van der Waals surface area contributed by atoms with E-state index < -0.39 is 5.54 Å². The fourth-order valence-corrected chi connectivity index (χ4v) is 2.86. The van der Waals surface area contributed by atoms with Crippen molar-refractivity contribution in [2.24, 2.45) is 0 Å². The molecule has 2 nitrogen and oxygen atoms in total. The van der Waals surface area contributed by atoms with Gasteiger partial charge in [-0.3, -0.25) is 0 Å². The number of nitriles is 1. The van der Waals surface area contributed by atoms with Crippen LogP contribution in [-0.4, -0.2) is 5.54 Å². The van der Waals surface area contributed by atoms with E-state index in [-0.39, 0.29) is 5.82 Å². The zero-order chi connectivity index (χ0) is 13.7. The smallest absolute Gasteiger partial charge is 0.125 e. The molecule has 1 aliphatic rings. The summed E-state index contributed by atoms with van der Waals surface area (Å²) < 4.78 is 13.4. The maximum absolute atomic E-state index is 13.4. The highest BCUT2D eigenvalue weighted by Gasteiger charge is 2.30. The highest BCUT2D eigenvalue weighted by Crippen LogP contribution is 2.30. The van der Waals surface area contributed by atoms with Gasteiger partial charge in [-0.2, -0.15) is 5.26 Å². The molecule has 0 heterocycles. The zero-order valence-electron chi connectivity index (χ0n) is 11.5. The number of anilines is 1. The van der Waals surface area contributed by atoms with E-state index >= 15 is 0 Å². The summed E-state index contributed by atoms with van der Waals surface area (Å²) >= 11 is 0. The predicted octanol–water partition coefficient (Wildman–Crippen LogP) is 4.55. The van der Waals surface area contributed by atoms with Gasteiger partial charge in [0.05, 0.1) is 6.07 Å². The van der Waals surface area contributed by atoms with Crippen molar-refractivity contribution >= 4 is 5.69 Å². The second-order valence-corrected chi connectivity index (χ2v) is 5.60. The molecule has 102 valence electrons. The largest absolute Gasteiger partial charge is 0.367 e. The fourth-order valence-electron chi connectivity index (χ4n) is 2.86. The lowest BCUT2D eigenvalue weighted by atomic mass is 9.85. The van der Waals surface area contributed by atoms with Gasteiger partial charge in [-0.25, -0.2) is 4.39 Å². The van der Waals surface area contributed by atoms with Crippen LogP contribution in [0.1, 0.15) is 50.5 Å². The van der Waals surface area contributed by atoms with Gasteiger partial charge in [0, 0.05) is 5.69 Å². The summed E-state index contributed by atoms with van der Waals surface area (Å²) in [6.45, 7) is 1.87. The molecule has 0 saturated heterocycles. The van der Waals surface area contributed by atoms with Crippen LogP contribution in [0.25, 0.3) is 0 Å². The van der Waals surface area contributed by atoms with Crippen LogP contribution in [0.4, 0.5) is 10.1 Å². The Labute approximate surface area is 114 Å². The van der Waals surface area contributed by atoms with Crippen molar-refractivity contribution in [1.82, 2.24) is 0 Å². The van der Waals surface area contributed by atoms with Gasteiger partial charge in [0.15, 0.2) is 0 Å². The van der Waals surface area contributed by atoms with E-state index in [9.17, 15) is 9.65 Å². The van der Waals surface area contributed by atoms with Crippen LogP contribution in [0.3, 0.4) is 0 Å². The van der Waals surface area contributed by atoms with E-state index in [0.29, 0.717) is 0 Å². The molecular weight excluding hydrogens is 239 g/mol. The number of halogens is 1. The normalized spacial score (nSPS) is 19.0. The molecule has 1 aromatic rings. The summed E-state index contributed by atoms with van der Waals surface area (Å²) in [6, 6.07) is 7.32. The van der Waals surface area contributed by atoms with E-state index in [1.54, 1.807) is 0 Å². The molecule has 0 amide bonds. The second kappa shape index (κ2) is 6.06. The molecule has 0 spiro atoms. The first-order valence-corrected chi connectivity index (χ1v) is 7.10. The Kier molecular flexibility index (Phi) is 4.42. The summed E-state index contributed by atoms with van der Waals surface area (Å²) in [7, 11) is 0. The van der Waals surface area contributed by atoms with Crippen LogP contribution in [0.15, 0.2) is 18.2 Å². The number of hydrogen-bond acceptors (Lipinski definition) is 2. The number of nitrogens with zero attached hydrogens (tertiary/aromatic N) is 1. The van der Waals surface area contributed by atoms with E-state index in [1.165, 1.54) is 31.4 Å². The minimum absolute atomic E-state index is 0.249. The molecule has 0 unspecified atom stereocenters. The zero-order valence-corrected chi connectivity index (χ0v) is 11.5. The predicted molar refractivity (Wildman–Crippen MR) is 75.4 cm³/mol. The quantitative estimate of drug-likeness (QED) is 0.846. The summed E-state index contributed by atoms with van der Waals surface area (Å²) in [6.07, 6.45) is 7.46. The lowest BCUT2D eigenvalue weighted by Crippen LogP contribution is -2.37. The molecule has 1 aromatic carbocycles. The van der Waals surface area contributed by atoms with Crippen LogP contribution >= 0.6 is 0 Å².